The molecule has 0 unspecified atom stereocenters. The lowest BCUT2D eigenvalue weighted by Gasteiger charge is -2.42. The fourth-order valence-corrected chi connectivity index (χ4v) is 4.42. The van der Waals surface area contributed by atoms with Crippen molar-refractivity contribution in [2.75, 3.05) is 10.6 Å². The van der Waals surface area contributed by atoms with E-state index in [2.05, 4.69) is 69.7 Å². The van der Waals surface area contributed by atoms with Gasteiger partial charge in [-0.1, -0.05) is 66.7 Å². The van der Waals surface area contributed by atoms with E-state index in [1.165, 1.54) is 0 Å². The highest BCUT2D eigenvalue weighted by Gasteiger charge is 2.43. The van der Waals surface area contributed by atoms with Crippen LogP contribution in [-0.4, -0.2) is 18.2 Å². The van der Waals surface area contributed by atoms with Crippen molar-refractivity contribution in [1.82, 2.24) is 0 Å². The standard InChI is InChI=1S/C25H20BN5/c1-4-11-19(12-5-1)24-27-22-17-10-18-23-28-25(20-13-6-2-7-14-20)30-26(29-24,31(22)23)21-15-8-3-9-16-21/h1-18H,(H,27,29)(H,28,30). The van der Waals surface area contributed by atoms with Crippen molar-refractivity contribution >= 4 is 35.3 Å². The van der Waals surface area contributed by atoms with Gasteiger partial charge in [-0.2, -0.15) is 0 Å². The van der Waals surface area contributed by atoms with Crippen LogP contribution in [0.25, 0.3) is 0 Å². The Morgan fingerprint density at radius 2 is 0.968 bits per heavy atom. The van der Waals surface area contributed by atoms with Gasteiger partial charge in [-0.25, -0.2) is 0 Å². The number of rotatable bonds is 3. The van der Waals surface area contributed by atoms with Gasteiger partial charge in [0, 0.05) is 23.3 Å². The molecule has 1 aromatic heterocycles. The first kappa shape index (κ1) is 17.7. The van der Waals surface area contributed by atoms with Gasteiger partial charge < -0.3 is 14.3 Å². The van der Waals surface area contributed by atoms with Gasteiger partial charge in [-0.15, -0.1) is 5.46 Å². The fourth-order valence-electron chi connectivity index (χ4n) is 4.42. The van der Waals surface area contributed by atoms with Crippen LogP contribution < -0.4 is 20.6 Å². The minimum absolute atomic E-state index is 0.819. The van der Waals surface area contributed by atoms with Crippen molar-refractivity contribution in [1.29, 1.82) is 0 Å². The maximum Gasteiger partial charge on any atom is 0.419 e. The van der Waals surface area contributed by atoms with E-state index >= 15 is 0 Å². The monoisotopic (exact) mass is 401 g/mol. The molecule has 3 heterocycles. The maximum absolute atomic E-state index is 5.30. The summed E-state index contributed by atoms with van der Waals surface area (Å²) in [4.78, 5) is 10.6. The highest BCUT2D eigenvalue weighted by molar-refractivity contribution is 6.85. The van der Waals surface area contributed by atoms with E-state index in [0.717, 1.165) is 39.9 Å². The van der Waals surface area contributed by atoms with Gasteiger partial charge in [0.1, 0.15) is 0 Å². The maximum atomic E-state index is 5.30. The molecule has 0 bridgehead atoms. The van der Waals surface area contributed by atoms with Crippen molar-refractivity contribution in [3.05, 3.63) is 120 Å². The molecule has 2 aliphatic heterocycles. The van der Waals surface area contributed by atoms with Crippen LogP contribution in [0, 0.1) is 0 Å². The van der Waals surface area contributed by atoms with Crippen LogP contribution in [0.4, 0.5) is 11.6 Å². The molecule has 0 amide bonds. The molecule has 6 heteroatoms. The quantitative estimate of drug-likeness (QED) is 0.517. The van der Waals surface area contributed by atoms with Gasteiger partial charge in [0.05, 0.1) is 0 Å². The van der Waals surface area contributed by atoms with Crippen molar-refractivity contribution in [2.45, 2.75) is 0 Å². The molecule has 0 fully saturated rings. The lowest BCUT2D eigenvalue weighted by molar-refractivity contribution is -0.515. The first-order valence-electron chi connectivity index (χ1n) is 10.4. The largest absolute Gasteiger partial charge is 0.419 e. The first-order valence-corrected chi connectivity index (χ1v) is 10.4. The van der Waals surface area contributed by atoms with Crippen LogP contribution in [0.2, 0.25) is 0 Å². The van der Waals surface area contributed by atoms with Crippen molar-refractivity contribution in [3.8, 4) is 0 Å². The molecule has 5 nitrogen and oxygen atoms in total. The third-order valence-corrected chi connectivity index (χ3v) is 5.84. The van der Waals surface area contributed by atoms with E-state index in [4.69, 9.17) is 9.81 Å². The minimum Gasteiger partial charge on any atom is -0.404 e. The van der Waals surface area contributed by atoms with Crippen LogP contribution >= 0.6 is 0 Å². The zero-order valence-corrected chi connectivity index (χ0v) is 16.8. The molecule has 0 atom stereocenters. The minimum atomic E-state index is -1.85. The Morgan fingerprint density at radius 3 is 1.45 bits per heavy atom. The molecule has 4 aromatic rings. The summed E-state index contributed by atoms with van der Waals surface area (Å²) in [6.07, 6.45) is 0. The first-order chi connectivity index (χ1) is 15.3. The van der Waals surface area contributed by atoms with E-state index < -0.39 is 6.55 Å². The molecule has 3 aromatic carbocycles. The number of hydrogen-bond donors (Lipinski definition) is 2. The molecule has 0 spiro atoms. The number of hydrogen-bond acceptors (Lipinski definition) is 4. The van der Waals surface area contributed by atoms with Crippen LogP contribution in [0.3, 0.4) is 0 Å². The summed E-state index contributed by atoms with van der Waals surface area (Å²) in [5, 5.41) is 7.04. The topological polar surface area (TPSA) is 52.7 Å². The average Bonchev–Trinajstić information content (AvgIpc) is 2.85. The number of nitrogens with zero attached hydrogens (tertiary/aromatic N) is 3. The van der Waals surface area contributed by atoms with E-state index in [1.807, 2.05) is 54.6 Å². The predicted octanol–water partition coefficient (Wildman–Crippen LogP) is 3.41. The van der Waals surface area contributed by atoms with E-state index in [-0.39, 0.29) is 0 Å². The van der Waals surface area contributed by atoms with Crippen molar-refractivity contribution < 1.29 is 4.48 Å². The highest BCUT2D eigenvalue weighted by Crippen LogP contribution is 2.25. The summed E-state index contributed by atoms with van der Waals surface area (Å²) in [5.74, 6) is 3.55. The zero-order chi connectivity index (χ0) is 20.7. The normalized spacial score (nSPS) is 15.6. The van der Waals surface area contributed by atoms with Gasteiger partial charge in [0.2, 0.25) is 0 Å². The van der Waals surface area contributed by atoms with E-state index in [9.17, 15) is 0 Å². The summed E-state index contributed by atoms with van der Waals surface area (Å²) < 4.78 is 2.19. The molecule has 31 heavy (non-hydrogen) atoms. The summed E-state index contributed by atoms with van der Waals surface area (Å²) in [6, 6.07) is 37.0. The SMILES string of the molecule is c1ccc(C2=N[B-]3(c4ccccc4)N=C(c4ccccc4)Nc4cccc([n+]43)N2)cc1. The summed E-state index contributed by atoms with van der Waals surface area (Å²) >= 11 is 0. The van der Waals surface area contributed by atoms with Crippen LogP contribution in [0.15, 0.2) is 119 Å². The molecule has 6 rings (SSSR count). The lowest BCUT2D eigenvalue weighted by Crippen LogP contribution is -2.76. The summed E-state index contributed by atoms with van der Waals surface area (Å²) in [7, 11) is 0. The van der Waals surface area contributed by atoms with E-state index in [1.54, 1.807) is 0 Å². The van der Waals surface area contributed by atoms with Gasteiger partial charge in [0.15, 0.2) is 23.3 Å². The Kier molecular flexibility index (Phi) is 3.96. The van der Waals surface area contributed by atoms with Gasteiger partial charge >= 0.3 is 6.55 Å². The molecule has 2 N–H and O–H groups in total. The number of nitrogens with one attached hydrogen (secondary N) is 2. The second-order valence-corrected chi connectivity index (χ2v) is 7.75. The van der Waals surface area contributed by atoms with Crippen LogP contribution in [-0.2, 0) is 0 Å². The molecule has 0 aliphatic carbocycles. The second kappa shape index (κ2) is 6.95. The molecule has 0 radical (unpaired) electrons. The summed E-state index contributed by atoms with van der Waals surface area (Å²) in [5.41, 5.74) is 3.13. The molecule has 0 saturated heterocycles. The van der Waals surface area contributed by atoms with Crippen molar-refractivity contribution in [2.24, 2.45) is 9.81 Å². The Balaban J connectivity index is 1.67. The highest BCUT2D eigenvalue weighted by atomic mass is 15.3. The van der Waals surface area contributed by atoms with E-state index in [0.29, 0.717) is 0 Å². The van der Waals surface area contributed by atoms with Gasteiger partial charge in [0.25, 0.3) is 0 Å². The zero-order valence-electron chi connectivity index (χ0n) is 16.8. The third-order valence-electron chi connectivity index (χ3n) is 5.84. The predicted molar refractivity (Wildman–Crippen MR) is 127 cm³/mol. The lowest BCUT2D eigenvalue weighted by atomic mass is 9.53. The Morgan fingerprint density at radius 1 is 0.516 bits per heavy atom. The smallest absolute Gasteiger partial charge is 0.404 e. The van der Waals surface area contributed by atoms with Gasteiger partial charge in [-0.05, 0) is 30.3 Å². The van der Waals surface area contributed by atoms with Gasteiger partial charge in [-0.3, -0.25) is 10.6 Å². The van der Waals surface area contributed by atoms with Crippen LogP contribution in [0.1, 0.15) is 11.1 Å². The molecular weight excluding hydrogens is 381 g/mol. The Bertz CT molecular complexity index is 1240. The fraction of sp³-hybridized carbons (Fsp3) is 0. The molecular formula is C25H20BN5. The van der Waals surface area contributed by atoms with Crippen molar-refractivity contribution in [3.63, 3.8) is 0 Å². The summed E-state index contributed by atoms with van der Waals surface area (Å²) in [6.45, 7) is -1.85. The number of pyridine rings is 1. The number of amidine groups is 2. The van der Waals surface area contributed by atoms with Crippen LogP contribution in [0.5, 0.6) is 0 Å². The number of benzene rings is 3. The Labute approximate surface area is 180 Å². The second-order valence-electron chi connectivity index (χ2n) is 7.75. The third kappa shape index (κ3) is 2.84. The Hall–Kier alpha value is -4.19. The number of aromatic nitrogens is 1. The molecule has 2 aliphatic rings. The average molecular weight is 401 g/mol. The molecule has 148 valence electrons. The number of anilines is 2. The molecule has 0 saturated carbocycles.